The molecule has 1 aliphatic rings. The van der Waals surface area contributed by atoms with Gasteiger partial charge < -0.3 is 4.90 Å². The Bertz CT molecular complexity index is 597. The van der Waals surface area contributed by atoms with Gasteiger partial charge in [-0.05, 0) is 56.0 Å². The molecule has 20 heavy (non-hydrogen) atoms. The van der Waals surface area contributed by atoms with Gasteiger partial charge in [-0.2, -0.15) is 0 Å². The highest BCUT2D eigenvalue weighted by Crippen LogP contribution is 2.26. The maximum absolute atomic E-state index is 13.3. The van der Waals surface area contributed by atoms with Crippen LogP contribution in [0.3, 0.4) is 0 Å². The molecular formula is C17H19FN2. The fourth-order valence-corrected chi connectivity index (χ4v) is 2.97. The fraction of sp³-hybridized carbons (Fsp3) is 0.353. The third kappa shape index (κ3) is 2.82. The molecule has 104 valence electrons. The predicted molar refractivity (Wildman–Crippen MR) is 79.4 cm³/mol. The van der Waals surface area contributed by atoms with E-state index in [9.17, 15) is 4.39 Å². The summed E-state index contributed by atoms with van der Waals surface area (Å²) >= 11 is 0. The van der Waals surface area contributed by atoms with Crippen molar-refractivity contribution in [1.29, 1.82) is 0 Å². The van der Waals surface area contributed by atoms with Crippen LogP contribution in [0.2, 0.25) is 0 Å². The Balaban J connectivity index is 1.79. The Hall–Kier alpha value is -1.90. The summed E-state index contributed by atoms with van der Waals surface area (Å²) in [5, 5.41) is 0. The standard InChI is InChI=1S/C17H19FN2/c1-13-5-2-9-17(19-13)20-10-4-8-16(20)12-14-6-3-7-15(18)11-14/h2-3,5-7,9,11,16H,4,8,10,12H2,1H3. The van der Waals surface area contributed by atoms with Gasteiger partial charge in [0.1, 0.15) is 11.6 Å². The Labute approximate surface area is 119 Å². The topological polar surface area (TPSA) is 16.1 Å². The molecule has 0 spiro atoms. The first-order chi connectivity index (χ1) is 9.72. The van der Waals surface area contributed by atoms with Crippen LogP contribution in [0.5, 0.6) is 0 Å². The molecule has 1 fully saturated rings. The molecule has 0 N–H and O–H groups in total. The normalized spacial score (nSPS) is 18.5. The van der Waals surface area contributed by atoms with E-state index >= 15 is 0 Å². The van der Waals surface area contributed by atoms with Gasteiger partial charge in [0.2, 0.25) is 0 Å². The van der Waals surface area contributed by atoms with Crippen LogP contribution in [0.1, 0.15) is 24.1 Å². The van der Waals surface area contributed by atoms with Crippen LogP contribution in [0.15, 0.2) is 42.5 Å². The first-order valence-corrected chi connectivity index (χ1v) is 7.17. The number of benzene rings is 1. The highest BCUT2D eigenvalue weighted by Gasteiger charge is 2.25. The molecule has 3 heteroatoms. The zero-order chi connectivity index (χ0) is 13.9. The first-order valence-electron chi connectivity index (χ1n) is 7.17. The van der Waals surface area contributed by atoms with Crippen molar-refractivity contribution in [2.75, 3.05) is 11.4 Å². The quantitative estimate of drug-likeness (QED) is 0.844. The van der Waals surface area contributed by atoms with Crippen LogP contribution in [0, 0.1) is 12.7 Å². The second-order valence-electron chi connectivity index (χ2n) is 5.46. The molecule has 3 rings (SSSR count). The van der Waals surface area contributed by atoms with Gasteiger partial charge in [-0.1, -0.05) is 18.2 Å². The van der Waals surface area contributed by atoms with E-state index in [1.807, 2.05) is 19.1 Å². The number of rotatable bonds is 3. The monoisotopic (exact) mass is 270 g/mol. The van der Waals surface area contributed by atoms with Gasteiger partial charge in [-0.25, -0.2) is 9.37 Å². The second-order valence-corrected chi connectivity index (χ2v) is 5.46. The first kappa shape index (κ1) is 13.1. The van der Waals surface area contributed by atoms with Crippen LogP contribution in [-0.2, 0) is 6.42 Å². The molecule has 0 bridgehead atoms. The van der Waals surface area contributed by atoms with E-state index in [0.717, 1.165) is 36.5 Å². The Morgan fingerprint density at radius 3 is 2.90 bits per heavy atom. The van der Waals surface area contributed by atoms with Gasteiger partial charge in [0.15, 0.2) is 0 Å². The molecular weight excluding hydrogens is 251 g/mol. The highest BCUT2D eigenvalue weighted by molar-refractivity contribution is 5.42. The van der Waals surface area contributed by atoms with Crippen LogP contribution in [0.4, 0.5) is 10.2 Å². The largest absolute Gasteiger partial charge is 0.353 e. The van der Waals surface area contributed by atoms with Crippen LogP contribution < -0.4 is 4.90 Å². The number of aromatic nitrogens is 1. The molecule has 0 aliphatic carbocycles. The zero-order valence-corrected chi connectivity index (χ0v) is 11.7. The summed E-state index contributed by atoms with van der Waals surface area (Å²) < 4.78 is 13.3. The average molecular weight is 270 g/mol. The van der Waals surface area contributed by atoms with E-state index in [4.69, 9.17) is 0 Å². The van der Waals surface area contributed by atoms with E-state index in [1.54, 1.807) is 12.1 Å². The number of hydrogen-bond acceptors (Lipinski definition) is 2. The van der Waals surface area contributed by atoms with Gasteiger partial charge in [0.05, 0.1) is 0 Å². The van der Waals surface area contributed by atoms with Gasteiger partial charge in [-0.3, -0.25) is 0 Å². The maximum atomic E-state index is 13.3. The number of halogens is 1. The smallest absolute Gasteiger partial charge is 0.129 e. The summed E-state index contributed by atoms with van der Waals surface area (Å²) in [4.78, 5) is 6.98. The average Bonchev–Trinajstić information content (AvgIpc) is 2.87. The lowest BCUT2D eigenvalue weighted by atomic mass is 10.0. The summed E-state index contributed by atoms with van der Waals surface area (Å²) in [6.45, 7) is 3.05. The minimum Gasteiger partial charge on any atom is -0.353 e. The molecule has 0 radical (unpaired) electrons. The number of aryl methyl sites for hydroxylation is 1. The number of pyridine rings is 1. The minimum absolute atomic E-state index is 0.152. The summed E-state index contributed by atoms with van der Waals surface area (Å²) in [7, 11) is 0. The van der Waals surface area contributed by atoms with Crippen molar-refractivity contribution in [3.05, 3.63) is 59.5 Å². The number of anilines is 1. The fourth-order valence-electron chi connectivity index (χ4n) is 2.97. The maximum Gasteiger partial charge on any atom is 0.129 e. The zero-order valence-electron chi connectivity index (χ0n) is 11.7. The van der Waals surface area contributed by atoms with E-state index in [2.05, 4.69) is 22.0 Å². The lowest BCUT2D eigenvalue weighted by molar-refractivity contribution is 0.617. The summed E-state index contributed by atoms with van der Waals surface area (Å²) in [5.74, 6) is 0.893. The third-order valence-corrected chi connectivity index (χ3v) is 3.91. The van der Waals surface area contributed by atoms with Crippen molar-refractivity contribution in [2.45, 2.75) is 32.2 Å². The summed E-state index contributed by atoms with van der Waals surface area (Å²) in [6.07, 6.45) is 3.20. The summed E-state index contributed by atoms with van der Waals surface area (Å²) in [6, 6.07) is 13.5. The Kier molecular flexibility index (Phi) is 3.68. The van der Waals surface area contributed by atoms with E-state index in [-0.39, 0.29) is 5.82 Å². The van der Waals surface area contributed by atoms with Gasteiger partial charge >= 0.3 is 0 Å². The lowest BCUT2D eigenvalue weighted by Crippen LogP contribution is -2.31. The number of hydrogen-bond donors (Lipinski definition) is 0. The minimum atomic E-state index is -0.152. The third-order valence-electron chi connectivity index (χ3n) is 3.91. The SMILES string of the molecule is Cc1cccc(N2CCCC2Cc2cccc(F)c2)n1. The van der Waals surface area contributed by atoms with Crippen molar-refractivity contribution in [3.8, 4) is 0 Å². The van der Waals surface area contributed by atoms with Crippen molar-refractivity contribution in [3.63, 3.8) is 0 Å². The van der Waals surface area contributed by atoms with Crippen molar-refractivity contribution in [1.82, 2.24) is 4.98 Å². The van der Waals surface area contributed by atoms with Crippen LogP contribution in [-0.4, -0.2) is 17.6 Å². The second kappa shape index (κ2) is 5.61. The molecule has 0 saturated carbocycles. The van der Waals surface area contributed by atoms with E-state index in [1.165, 1.54) is 12.5 Å². The molecule has 1 aliphatic heterocycles. The molecule has 1 atom stereocenters. The number of nitrogens with zero attached hydrogens (tertiary/aromatic N) is 2. The van der Waals surface area contributed by atoms with Crippen molar-refractivity contribution >= 4 is 5.82 Å². The van der Waals surface area contributed by atoms with Gasteiger partial charge in [0, 0.05) is 18.3 Å². The van der Waals surface area contributed by atoms with E-state index in [0.29, 0.717) is 6.04 Å². The molecule has 2 aromatic rings. The van der Waals surface area contributed by atoms with Crippen molar-refractivity contribution in [2.24, 2.45) is 0 Å². The molecule has 1 unspecified atom stereocenters. The van der Waals surface area contributed by atoms with Gasteiger partial charge in [0.25, 0.3) is 0 Å². The Morgan fingerprint density at radius 2 is 2.10 bits per heavy atom. The Morgan fingerprint density at radius 1 is 1.25 bits per heavy atom. The molecule has 1 aromatic heterocycles. The highest BCUT2D eigenvalue weighted by atomic mass is 19.1. The van der Waals surface area contributed by atoms with Crippen molar-refractivity contribution < 1.29 is 4.39 Å². The predicted octanol–water partition coefficient (Wildman–Crippen LogP) is 3.74. The molecule has 2 heterocycles. The molecule has 0 amide bonds. The summed E-state index contributed by atoms with van der Waals surface area (Å²) in [5.41, 5.74) is 2.11. The van der Waals surface area contributed by atoms with Gasteiger partial charge in [-0.15, -0.1) is 0 Å². The molecule has 2 nitrogen and oxygen atoms in total. The molecule has 1 aromatic carbocycles. The van der Waals surface area contributed by atoms with E-state index < -0.39 is 0 Å². The molecule has 1 saturated heterocycles. The lowest BCUT2D eigenvalue weighted by Gasteiger charge is -2.26. The van der Waals surface area contributed by atoms with Crippen LogP contribution in [0.25, 0.3) is 0 Å². The van der Waals surface area contributed by atoms with Crippen LogP contribution >= 0.6 is 0 Å².